The summed E-state index contributed by atoms with van der Waals surface area (Å²) in [4.78, 5) is 46.2. The Morgan fingerprint density at radius 1 is 0.967 bits per heavy atom. The molecule has 0 radical (unpaired) electrons. The van der Waals surface area contributed by atoms with E-state index in [1.165, 1.54) is 50.4 Å². The summed E-state index contributed by atoms with van der Waals surface area (Å²) in [5.74, 6) is -2.10. The first-order chi connectivity index (χ1) is 14.2. The minimum absolute atomic E-state index is 0.0447. The van der Waals surface area contributed by atoms with Gasteiger partial charge in [-0.25, -0.2) is 4.79 Å². The van der Waals surface area contributed by atoms with Gasteiger partial charge in [0, 0.05) is 26.0 Å². The molecule has 0 aliphatic carbocycles. The van der Waals surface area contributed by atoms with E-state index in [-0.39, 0.29) is 28.0 Å². The molecule has 0 saturated heterocycles. The Morgan fingerprint density at radius 3 is 2.30 bits per heavy atom. The number of phenolic OH excluding ortho intramolecular Hbond substituents is 1. The van der Waals surface area contributed by atoms with Crippen LogP contribution in [0.1, 0.15) is 13.8 Å². The molecule has 1 aromatic heterocycles. The lowest BCUT2D eigenvalue weighted by Crippen LogP contribution is -2.17. The van der Waals surface area contributed by atoms with Gasteiger partial charge in [-0.05, 0) is 17.7 Å². The van der Waals surface area contributed by atoms with Crippen molar-refractivity contribution in [2.75, 3.05) is 6.61 Å². The molecular formula is C21H16O9. The fraction of sp³-hybridized carbons (Fsp3) is 0.143. The van der Waals surface area contributed by atoms with E-state index in [4.69, 9.17) is 13.9 Å². The molecule has 0 aliphatic heterocycles. The number of carbonyl (C=O) groups excluding carboxylic acids is 3. The standard InChI is InChI=1S/C21H16O9/c1-11(22)27-10-19(25)30-14-5-3-13(4-6-14)16-9-28-18-8-15(29-12(2)23)7-17(24)20(18)21(16)26/h3-9,24H,10H2,1-2H3. The SMILES string of the molecule is CC(=O)OCC(=O)Oc1ccc(-c2coc3cc(OC(C)=O)cc(O)c3c2=O)cc1. The number of phenols is 1. The van der Waals surface area contributed by atoms with Crippen LogP contribution in [0.2, 0.25) is 0 Å². The third-order valence-electron chi connectivity index (χ3n) is 3.88. The third kappa shape index (κ3) is 4.64. The van der Waals surface area contributed by atoms with Gasteiger partial charge in [0.2, 0.25) is 5.43 Å². The first kappa shape index (κ1) is 20.6. The maximum Gasteiger partial charge on any atom is 0.349 e. The molecule has 0 amide bonds. The number of hydrogen-bond donors (Lipinski definition) is 1. The van der Waals surface area contributed by atoms with E-state index < -0.39 is 35.7 Å². The molecular weight excluding hydrogens is 396 g/mol. The van der Waals surface area contributed by atoms with Crippen molar-refractivity contribution in [3.63, 3.8) is 0 Å². The highest BCUT2D eigenvalue weighted by atomic mass is 16.6. The Hall–Kier alpha value is -4.14. The van der Waals surface area contributed by atoms with E-state index in [0.717, 1.165) is 6.07 Å². The predicted molar refractivity (Wildman–Crippen MR) is 103 cm³/mol. The van der Waals surface area contributed by atoms with Crippen molar-refractivity contribution in [1.29, 1.82) is 0 Å². The molecule has 154 valence electrons. The average Bonchev–Trinajstić information content (AvgIpc) is 2.66. The predicted octanol–water partition coefficient (Wildman–Crippen LogP) is 2.56. The van der Waals surface area contributed by atoms with Crippen molar-refractivity contribution in [2.24, 2.45) is 0 Å². The minimum atomic E-state index is -0.753. The first-order valence-electron chi connectivity index (χ1n) is 8.66. The second kappa shape index (κ2) is 8.48. The quantitative estimate of drug-likeness (QED) is 0.496. The zero-order valence-corrected chi connectivity index (χ0v) is 16.0. The van der Waals surface area contributed by atoms with E-state index >= 15 is 0 Å². The molecule has 0 fully saturated rings. The van der Waals surface area contributed by atoms with Crippen LogP contribution in [0.5, 0.6) is 17.2 Å². The van der Waals surface area contributed by atoms with Gasteiger partial charge >= 0.3 is 17.9 Å². The van der Waals surface area contributed by atoms with Crippen LogP contribution in [0.15, 0.2) is 51.9 Å². The van der Waals surface area contributed by atoms with Crippen LogP contribution < -0.4 is 14.9 Å². The molecule has 1 heterocycles. The lowest BCUT2D eigenvalue weighted by molar-refractivity contribution is -0.152. The molecule has 0 aliphatic rings. The van der Waals surface area contributed by atoms with Crippen LogP contribution in [-0.4, -0.2) is 29.6 Å². The molecule has 2 aromatic carbocycles. The van der Waals surface area contributed by atoms with Gasteiger partial charge in [0.15, 0.2) is 6.61 Å². The molecule has 9 heteroatoms. The van der Waals surface area contributed by atoms with Crippen LogP contribution >= 0.6 is 0 Å². The summed E-state index contributed by atoms with van der Waals surface area (Å²) in [5, 5.41) is 10.1. The number of hydrogen-bond acceptors (Lipinski definition) is 9. The van der Waals surface area contributed by atoms with Crippen molar-refractivity contribution >= 4 is 28.9 Å². The van der Waals surface area contributed by atoms with Crippen molar-refractivity contribution in [3.8, 4) is 28.4 Å². The lowest BCUT2D eigenvalue weighted by Gasteiger charge is -2.08. The normalized spacial score (nSPS) is 10.5. The summed E-state index contributed by atoms with van der Waals surface area (Å²) >= 11 is 0. The van der Waals surface area contributed by atoms with Crippen LogP contribution in [0.4, 0.5) is 0 Å². The van der Waals surface area contributed by atoms with Gasteiger partial charge in [-0.2, -0.15) is 0 Å². The third-order valence-corrected chi connectivity index (χ3v) is 3.88. The highest BCUT2D eigenvalue weighted by molar-refractivity contribution is 5.88. The highest BCUT2D eigenvalue weighted by Gasteiger charge is 2.15. The summed E-state index contributed by atoms with van der Waals surface area (Å²) in [6.45, 7) is 1.86. The monoisotopic (exact) mass is 412 g/mol. The van der Waals surface area contributed by atoms with E-state index in [2.05, 4.69) is 4.74 Å². The van der Waals surface area contributed by atoms with Crippen LogP contribution in [0.25, 0.3) is 22.1 Å². The number of carbonyl (C=O) groups is 3. The summed E-state index contributed by atoms with van der Waals surface area (Å²) in [6.07, 6.45) is 1.21. The van der Waals surface area contributed by atoms with Gasteiger partial charge < -0.3 is 23.7 Å². The molecule has 1 N–H and O–H groups in total. The van der Waals surface area contributed by atoms with Crippen LogP contribution in [-0.2, 0) is 19.1 Å². The van der Waals surface area contributed by atoms with Crippen LogP contribution in [0, 0.1) is 0 Å². The Labute approximate surface area is 169 Å². The van der Waals surface area contributed by atoms with Crippen molar-refractivity contribution in [2.45, 2.75) is 13.8 Å². The van der Waals surface area contributed by atoms with Crippen LogP contribution in [0.3, 0.4) is 0 Å². The van der Waals surface area contributed by atoms with Gasteiger partial charge in [-0.3, -0.25) is 14.4 Å². The molecule has 0 atom stereocenters. The summed E-state index contributed by atoms with van der Waals surface area (Å²) in [7, 11) is 0. The van der Waals surface area contributed by atoms with Crippen molar-refractivity contribution in [3.05, 3.63) is 52.9 Å². The smallest absolute Gasteiger partial charge is 0.349 e. The zero-order chi connectivity index (χ0) is 21.8. The largest absolute Gasteiger partial charge is 0.507 e. The number of esters is 3. The summed E-state index contributed by atoms with van der Waals surface area (Å²) in [6, 6.07) is 8.43. The molecule has 9 nitrogen and oxygen atoms in total. The zero-order valence-electron chi connectivity index (χ0n) is 16.0. The topological polar surface area (TPSA) is 129 Å². The maximum absolute atomic E-state index is 12.8. The second-order valence-corrected chi connectivity index (χ2v) is 6.17. The highest BCUT2D eigenvalue weighted by Crippen LogP contribution is 2.30. The molecule has 0 spiro atoms. The van der Waals surface area contributed by atoms with Crippen molar-refractivity contribution in [1.82, 2.24) is 0 Å². The summed E-state index contributed by atoms with van der Waals surface area (Å²) in [5.41, 5.74) is 0.170. The number of rotatable bonds is 5. The minimum Gasteiger partial charge on any atom is -0.507 e. The fourth-order valence-electron chi connectivity index (χ4n) is 2.66. The Kier molecular flexibility index (Phi) is 5.82. The summed E-state index contributed by atoms with van der Waals surface area (Å²) < 4.78 is 19.9. The van der Waals surface area contributed by atoms with Gasteiger partial charge in [-0.15, -0.1) is 0 Å². The van der Waals surface area contributed by atoms with Crippen molar-refractivity contribution < 1.29 is 38.1 Å². The molecule has 0 bridgehead atoms. The Bertz CT molecular complexity index is 1190. The van der Waals surface area contributed by atoms with Gasteiger partial charge in [0.25, 0.3) is 0 Å². The van der Waals surface area contributed by atoms with Gasteiger partial charge in [0.1, 0.15) is 34.5 Å². The first-order valence-corrected chi connectivity index (χ1v) is 8.66. The Balaban J connectivity index is 1.88. The number of ether oxygens (including phenoxy) is 3. The number of fused-ring (bicyclic) bond motifs is 1. The van der Waals surface area contributed by atoms with E-state index in [9.17, 15) is 24.3 Å². The molecule has 30 heavy (non-hydrogen) atoms. The average molecular weight is 412 g/mol. The number of benzene rings is 2. The molecule has 0 unspecified atom stereocenters. The van der Waals surface area contributed by atoms with E-state index in [1.54, 1.807) is 0 Å². The fourth-order valence-corrected chi connectivity index (χ4v) is 2.66. The van der Waals surface area contributed by atoms with E-state index in [0.29, 0.717) is 5.56 Å². The van der Waals surface area contributed by atoms with Gasteiger partial charge in [-0.1, -0.05) is 12.1 Å². The lowest BCUT2D eigenvalue weighted by atomic mass is 10.0. The maximum atomic E-state index is 12.8. The molecule has 3 rings (SSSR count). The van der Waals surface area contributed by atoms with E-state index in [1.807, 2.05) is 0 Å². The number of aromatic hydroxyl groups is 1. The second-order valence-electron chi connectivity index (χ2n) is 6.17. The Morgan fingerprint density at radius 2 is 1.67 bits per heavy atom. The molecule has 0 saturated carbocycles. The molecule has 3 aromatic rings. The van der Waals surface area contributed by atoms with Gasteiger partial charge in [0.05, 0.1) is 5.56 Å².